The number of alkyl halides is 1. The van der Waals surface area contributed by atoms with Gasteiger partial charge >= 0.3 is 0 Å². The van der Waals surface area contributed by atoms with Gasteiger partial charge in [0.15, 0.2) is 0 Å². The van der Waals surface area contributed by atoms with E-state index < -0.39 is 6.10 Å². The van der Waals surface area contributed by atoms with Crippen molar-refractivity contribution in [3.8, 4) is 0 Å². The Morgan fingerprint density at radius 1 is 1.70 bits per heavy atom. The Kier molecular flexibility index (Phi) is 4.40. The molecule has 10 heavy (non-hydrogen) atoms. The van der Waals surface area contributed by atoms with E-state index >= 15 is 0 Å². The zero-order chi connectivity index (χ0) is 8.15. The lowest BCUT2D eigenvalue weighted by atomic mass is 10.2. The van der Waals surface area contributed by atoms with Crippen LogP contribution >= 0.6 is 11.6 Å². The third-order valence-electron chi connectivity index (χ3n) is 1.23. The Morgan fingerprint density at radius 3 is 2.50 bits per heavy atom. The summed E-state index contributed by atoms with van der Waals surface area (Å²) in [5, 5.41) is 11.4. The minimum absolute atomic E-state index is 0.0585. The van der Waals surface area contributed by atoms with Gasteiger partial charge in [0.2, 0.25) is 5.91 Å². The lowest BCUT2D eigenvalue weighted by Crippen LogP contribution is -2.40. The molecule has 0 saturated carbocycles. The largest absolute Gasteiger partial charge is 0.391 e. The first-order valence-corrected chi connectivity index (χ1v) is 3.64. The number of hydrogen-bond donors (Lipinski definition) is 2. The summed E-state index contributed by atoms with van der Waals surface area (Å²) in [7, 11) is 0. The molecule has 0 aromatic carbocycles. The molecule has 2 unspecified atom stereocenters. The summed E-state index contributed by atoms with van der Waals surface area (Å²) in [5.74, 6) is -0.313. The number of amides is 1. The molecule has 60 valence electrons. The highest BCUT2D eigenvalue weighted by Gasteiger charge is 2.10. The van der Waals surface area contributed by atoms with Gasteiger partial charge in [0.05, 0.1) is 12.1 Å². The second-order valence-corrected chi connectivity index (χ2v) is 2.50. The van der Waals surface area contributed by atoms with Crippen LogP contribution in [0, 0.1) is 0 Å². The van der Waals surface area contributed by atoms with Crippen LogP contribution in [-0.4, -0.2) is 29.0 Å². The van der Waals surface area contributed by atoms with Gasteiger partial charge in [-0.25, -0.2) is 0 Å². The van der Waals surface area contributed by atoms with Crippen molar-refractivity contribution >= 4 is 17.5 Å². The molecule has 0 saturated heterocycles. The molecule has 0 bridgehead atoms. The van der Waals surface area contributed by atoms with Crippen LogP contribution in [0.1, 0.15) is 13.8 Å². The minimum atomic E-state index is -0.535. The first-order valence-electron chi connectivity index (χ1n) is 3.11. The molecule has 0 aliphatic rings. The van der Waals surface area contributed by atoms with E-state index in [-0.39, 0.29) is 17.8 Å². The van der Waals surface area contributed by atoms with Crippen molar-refractivity contribution in [2.75, 3.05) is 5.88 Å². The Bertz CT molecular complexity index is 116. The molecule has 1 amide bonds. The molecule has 3 nitrogen and oxygen atoms in total. The van der Waals surface area contributed by atoms with E-state index in [1.165, 1.54) is 0 Å². The van der Waals surface area contributed by atoms with Crippen LogP contribution in [0.3, 0.4) is 0 Å². The number of rotatable bonds is 3. The fourth-order valence-electron chi connectivity index (χ4n) is 0.413. The van der Waals surface area contributed by atoms with E-state index in [1.54, 1.807) is 13.8 Å². The zero-order valence-electron chi connectivity index (χ0n) is 6.10. The highest BCUT2D eigenvalue weighted by Crippen LogP contribution is 1.90. The van der Waals surface area contributed by atoms with Crippen molar-refractivity contribution in [2.24, 2.45) is 0 Å². The Morgan fingerprint density at radius 2 is 2.20 bits per heavy atom. The zero-order valence-corrected chi connectivity index (χ0v) is 6.85. The number of aliphatic hydroxyl groups excluding tert-OH is 1. The maximum atomic E-state index is 10.6. The molecule has 0 rings (SSSR count). The predicted molar refractivity (Wildman–Crippen MR) is 40.0 cm³/mol. The maximum Gasteiger partial charge on any atom is 0.235 e. The molecule has 2 N–H and O–H groups in total. The van der Waals surface area contributed by atoms with Gasteiger partial charge < -0.3 is 10.4 Å². The van der Waals surface area contributed by atoms with E-state index in [9.17, 15) is 4.79 Å². The molecule has 0 spiro atoms. The van der Waals surface area contributed by atoms with Crippen molar-refractivity contribution in [3.63, 3.8) is 0 Å². The smallest absolute Gasteiger partial charge is 0.235 e. The normalized spacial score (nSPS) is 16.0. The van der Waals surface area contributed by atoms with E-state index in [4.69, 9.17) is 16.7 Å². The molecule has 0 aliphatic carbocycles. The van der Waals surface area contributed by atoms with Gasteiger partial charge in [-0.3, -0.25) is 4.79 Å². The lowest BCUT2D eigenvalue weighted by Gasteiger charge is -2.15. The number of hydrogen-bond acceptors (Lipinski definition) is 2. The molecule has 0 aliphatic heterocycles. The van der Waals surface area contributed by atoms with Crippen LogP contribution in [0.2, 0.25) is 0 Å². The highest BCUT2D eigenvalue weighted by molar-refractivity contribution is 6.27. The molecular weight excluding hydrogens is 154 g/mol. The summed E-state index contributed by atoms with van der Waals surface area (Å²) in [6.45, 7) is 3.33. The number of aliphatic hydroxyl groups is 1. The van der Waals surface area contributed by atoms with Crippen molar-refractivity contribution in [3.05, 3.63) is 0 Å². The van der Waals surface area contributed by atoms with Gasteiger partial charge in [0.25, 0.3) is 0 Å². The predicted octanol–water partition coefficient (Wildman–Crippen LogP) is 0.111. The number of halogens is 1. The summed E-state index contributed by atoms with van der Waals surface area (Å²) < 4.78 is 0. The van der Waals surface area contributed by atoms with Crippen LogP contribution < -0.4 is 5.32 Å². The van der Waals surface area contributed by atoms with Crippen LogP contribution in [0.25, 0.3) is 0 Å². The lowest BCUT2D eigenvalue weighted by molar-refractivity contribution is -0.119. The van der Waals surface area contributed by atoms with E-state index in [0.29, 0.717) is 0 Å². The van der Waals surface area contributed by atoms with Gasteiger partial charge in [0.1, 0.15) is 5.88 Å². The molecular formula is C6H12ClNO2. The van der Waals surface area contributed by atoms with E-state index in [0.717, 1.165) is 0 Å². The number of carbonyl (C=O) groups excluding carboxylic acids is 1. The van der Waals surface area contributed by atoms with Gasteiger partial charge in [-0.05, 0) is 13.8 Å². The van der Waals surface area contributed by atoms with Gasteiger partial charge in [-0.15, -0.1) is 11.6 Å². The van der Waals surface area contributed by atoms with Crippen molar-refractivity contribution < 1.29 is 9.90 Å². The van der Waals surface area contributed by atoms with Crippen molar-refractivity contribution in [1.82, 2.24) is 5.32 Å². The minimum Gasteiger partial charge on any atom is -0.391 e. The average molecular weight is 166 g/mol. The maximum absolute atomic E-state index is 10.6. The molecule has 4 heteroatoms. The molecule has 0 aromatic rings. The summed E-state index contributed by atoms with van der Waals surface area (Å²) in [6, 6.07) is -0.230. The molecule has 0 radical (unpaired) electrons. The fraction of sp³-hybridized carbons (Fsp3) is 0.833. The summed E-state index contributed by atoms with van der Waals surface area (Å²) in [5.41, 5.74) is 0. The molecule has 0 heterocycles. The second-order valence-electron chi connectivity index (χ2n) is 2.23. The third-order valence-corrected chi connectivity index (χ3v) is 1.48. The van der Waals surface area contributed by atoms with Crippen molar-refractivity contribution in [1.29, 1.82) is 0 Å². The van der Waals surface area contributed by atoms with Crippen LogP contribution in [0.5, 0.6) is 0 Å². The van der Waals surface area contributed by atoms with Gasteiger partial charge in [-0.2, -0.15) is 0 Å². The van der Waals surface area contributed by atoms with Crippen LogP contribution in [0.15, 0.2) is 0 Å². The Hall–Kier alpha value is -0.280. The standard InChI is InChI=1S/C6H12ClNO2/c1-4(5(2)9)8-6(10)3-7/h4-5,9H,3H2,1-2H3,(H,8,10). The average Bonchev–Trinajstić information content (AvgIpc) is 1.87. The fourth-order valence-corrected chi connectivity index (χ4v) is 0.490. The van der Waals surface area contributed by atoms with Gasteiger partial charge in [0, 0.05) is 0 Å². The SMILES string of the molecule is CC(O)C(C)NC(=O)CCl. The quantitative estimate of drug-likeness (QED) is 0.584. The molecule has 0 fully saturated rings. The summed E-state index contributed by atoms with van der Waals surface area (Å²) >= 11 is 5.21. The monoisotopic (exact) mass is 165 g/mol. The second kappa shape index (κ2) is 4.52. The Labute approximate surface area is 65.4 Å². The molecule has 0 aromatic heterocycles. The molecule has 2 atom stereocenters. The first-order chi connectivity index (χ1) is 4.57. The first kappa shape index (κ1) is 9.72. The number of carbonyl (C=O) groups is 1. The highest BCUT2D eigenvalue weighted by atomic mass is 35.5. The van der Waals surface area contributed by atoms with Gasteiger partial charge in [-0.1, -0.05) is 0 Å². The summed E-state index contributed by atoms with van der Waals surface area (Å²) in [6.07, 6.45) is -0.535. The van der Waals surface area contributed by atoms with Crippen molar-refractivity contribution in [2.45, 2.75) is 26.0 Å². The Balaban J connectivity index is 3.57. The van der Waals surface area contributed by atoms with E-state index in [2.05, 4.69) is 5.32 Å². The van der Waals surface area contributed by atoms with E-state index in [1.807, 2.05) is 0 Å². The topological polar surface area (TPSA) is 49.3 Å². The summed E-state index contributed by atoms with van der Waals surface area (Å²) in [4.78, 5) is 10.6. The van der Waals surface area contributed by atoms with Crippen LogP contribution in [-0.2, 0) is 4.79 Å². The van der Waals surface area contributed by atoms with Crippen LogP contribution in [0.4, 0.5) is 0 Å². The number of nitrogens with one attached hydrogen (secondary N) is 1. The third kappa shape index (κ3) is 3.69.